The van der Waals surface area contributed by atoms with Crippen LogP contribution in [0.25, 0.3) is 10.9 Å². The second-order valence-electron chi connectivity index (χ2n) is 6.03. The SMILES string of the molecule is Clc1ccc2c(NCc3ccc(OCc4cccnc4)cc3)ncnc2c1. The molecule has 2 aromatic heterocycles. The molecule has 5 nitrogen and oxygen atoms in total. The summed E-state index contributed by atoms with van der Waals surface area (Å²) in [5.74, 6) is 1.61. The minimum absolute atomic E-state index is 0.501. The summed E-state index contributed by atoms with van der Waals surface area (Å²) in [5.41, 5.74) is 2.99. The highest BCUT2D eigenvalue weighted by Crippen LogP contribution is 2.23. The fourth-order valence-corrected chi connectivity index (χ4v) is 2.88. The molecule has 0 bridgehead atoms. The van der Waals surface area contributed by atoms with Crippen molar-refractivity contribution in [1.29, 1.82) is 0 Å². The largest absolute Gasteiger partial charge is 0.489 e. The molecule has 4 rings (SSSR count). The molecule has 0 aliphatic heterocycles. The molecule has 0 saturated heterocycles. The van der Waals surface area contributed by atoms with Crippen LogP contribution in [-0.2, 0) is 13.2 Å². The maximum Gasteiger partial charge on any atom is 0.137 e. The normalized spacial score (nSPS) is 10.7. The molecule has 27 heavy (non-hydrogen) atoms. The molecule has 2 aromatic carbocycles. The Morgan fingerprint density at radius 1 is 0.963 bits per heavy atom. The van der Waals surface area contributed by atoms with Gasteiger partial charge in [0.15, 0.2) is 0 Å². The Morgan fingerprint density at radius 3 is 2.67 bits per heavy atom. The molecule has 0 fully saturated rings. The number of hydrogen-bond acceptors (Lipinski definition) is 5. The second-order valence-corrected chi connectivity index (χ2v) is 6.47. The molecule has 4 aromatic rings. The van der Waals surface area contributed by atoms with E-state index in [-0.39, 0.29) is 0 Å². The van der Waals surface area contributed by atoms with Crippen LogP contribution in [0.1, 0.15) is 11.1 Å². The molecule has 1 N–H and O–H groups in total. The number of hydrogen-bond donors (Lipinski definition) is 1. The van der Waals surface area contributed by atoms with E-state index in [1.807, 2.05) is 54.6 Å². The van der Waals surface area contributed by atoms with Crippen LogP contribution in [0.5, 0.6) is 5.75 Å². The molecule has 0 atom stereocenters. The van der Waals surface area contributed by atoms with Crippen molar-refractivity contribution in [2.75, 3.05) is 5.32 Å². The summed E-state index contributed by atoms with van der Waals surface area (Å²) in [4.78, 5) is 12.7. The molecule has 0 amide bonds. The molecule has 6 heteroatoms. The van der Waals surface area contributed by atoms with E-state index >= 15 is 0 Å². The first kappa shape index (κ1) is 17.2. The van der Waals surface area contributed by atoms with E-state index in [0.29, 0.717) is 18.2 Å². The Balaban J connectivity index is 1.39. The summed E-state index contributed by atoms with van der Waals surface area (Å²) >= 11 is 6.03. The van der Waals surface area contributed by atoms with Crippen molar-refractivity contribution in [3.63, 3.8) is 0 Å². The molecule has 0 spiro atoms. The maximum atomic E-state index is 6.03. The molecular formula is C21H17ClN4O. The van der Waals surface area contributed by atoms with E-state index < -0.39 is 0 Å². The van der Waals surface area contributed by atoms with Crippen molar-refractivity contribution in [2.45, 2.75) is 13.2 Å². The van der Waals surface area contributed by atoms with Gasteiger partial charge >= 0.3 is 0 Å². The van der Waals surface area contributed by atoms with E-state index in [2.05, 4.69) is 20.3 Å². The highest BCUT2D eigenvalue weighted by molar-refractivity contribution is 6.31. The Hall–Kier alpha value is -3.18. The number of halogens is 1. The van der Waals surface area contributed by atoms with Gasteiger partial charge in [-0.05, 0) is 42.0 Å². The van der Waals surface area contributed by atoms with Gasteiger partial charge in [-0.25, -0.2) is 9.97 Å². The van der Waals surface area contributed by atoms with Gasteiger partial charge in [0.2, 0.25) is 0 Å². The minimum atomic E-state index is 0.501. The lowest BCUT2D eigenvalue weighted by Gasteiger charge is -2.10. The maximum absolute atomic E-state index is 6.03. The first-order valence-corrected chi connectivity index (χ1v) is 8.90. The van der Waals surface area contributed by atoms with Crippen LogP contribution < -0.4 is 10.1 Å². The van der Waals surface area contributed by atoms with Crippen LogP contribution in [-0.4, -0.2) is 15.0 Å². The molecule has 0 aliphatic carbocycles. The summed E-state index contributed by atoms with van der Waals surface area (Å²) in [5, 5.41) is 4.96. The topological polar surface area (TPSA) is 59.9 Å². The van der Waals surface area contributed by atoms with E-state index in [1.165, 1.54) is 6.33 Å². The van der Waals surface area contributed by atoms with Crippen LogP contribution in [0.2, 0.25) is 5.02 Å². The van der Waals surface area contributed by atoms with Crippen LogP contribution in [0.15, 0.2) is 73.3 Å². The van der Waals surface area contributed by atoms with Gasteiger partial charge in [0, 0.05) is 34.9 Å². The van der Waals surface area contributed by atoms with E-state index in [0.717, 1.165) is 33.6 Å². The van der Waals surface area contributed by atoms with E-state index in [9.17, 15) is 0 Å². The first-order chi connectivity index (χ1) is 13.3. The summed E-state index contributed by atoms with van der Waals surface area (Å²) < 4.78 is 5.79. The Morgan fingerprint density at radius 2 is 1.85 bits per heavy atom. The highest BCUT2D eigenvalue weighted by Gasteiger charge is 2.04. The summed E-state index contributed by atoms with van der Waals surface area (Å²) in [6.07, 6.45) is 5.09. The minimum Gasteiger partial charge on any atom is -0.489 e. The summed E-state index contributed by atoms with van der Waals surface area (Å²) in [6, 6.07) is 17.5. The molecule has 0 aliphatic rings. The molecule has 0 radical (unpaired) electrons. The summed E-state index contributed by atoms with van der Waals surface area (Å²) in [7, 11) is 0. The van der Waals surface area contributed by atoms with Gasteiger partial charge in [-0.3, -0.25) is 4.98 Å². The van der Waals surface area contributed by atoms with Crippen molar-refractivity contribution in [3.8, 4) is 5.75 Å². The third-order valence-corrected chi connectivity index (χ3v) is 4.35. The van der Waals surface area contributed by atoms with Crippen molar-refractivity contribution in [1.82, 2.24) is 15.0 Å². The number of fused-ring (bicyclic) bond motifs is 1. The van der Waals surface area contributed by atoms with Crippen LogP contribution in [0.4, 0.5) is 5.82 Å². The van der Waals surface area contributed by atoms with Gasteiger partial charge in [0.1, 0.15) is 24.5 Å². The molecule has 2 heterocycles. The zero-order valence-corrected chi connectivity index (χ0v) is 15.2. The predicted molar refractivity (Wildman–Crippen MR) is 107 cm³/mol. The van der Waals surface area contributed by atoms with Crippen LogP contribution in [0.3, 0.4) is 0 Å². The zero-order valence-electron chi connectivity index (χ0n) is 14.5. The van der Waals surface area contributed by atoms with Gasteiger partial charge in [-0.15, -0.1) is 0 Å². The van der Waals surface area contributed by atoms with Gasteiger partial charge in [-0.1, -0.05) is 29.8 Å². The lowest BCUT2D eigenvalue weighted by molar-refractivity contribution is 0.305. The first-order valence-electron chi connectivity index (χ1n) is 8.53. The van der Waals surface area contributed by atoms with Crippen molar-refractivity contribution in [2.24, 2.45) is 0 Å². The van der Waals surface area contributed by atoms with Gasteiger partial charge in [0.05, 0.1) is 5.52 Å². The van der Waals surface area contributed by atoms with Crippen molar-refractivity contribution >= 4 is 28.3 Å². The third kappa shape index (κ3) is 4.33. The second kappa shape index (κ2) is 8.01. The van der Waals surface area contributed by atoms with Gasteiger partial charge < -0.3 is 10.1 Å². The van der Waals surface area contributed by atoms with Gasteiger partial charge in [-0.2, -0.15) is 0 Å². The van der Waals surface area contributed by atoms with Crippen LogP contribution in [0, 0.1) is 0 Å². The van der Waals surface area contributed by atoms with Crippen LogP contribution >= 0.6 is 11.6 Å². The van der Waals surface area contributed by atoms with Crippen molar-refractivity contribution < 1.29 is 4.74 Å². The van der Waals surface area contributed by atoms with Gasteiger partial charge in [0.25, 0.3) is 0 Å². The average molecular weight is 377 g/mol. The number of rotatable bonds is 6. The predicted octanol–water partition coefficient (Wildman–Crippen LogP) is 4.87. The third-order valence-electron chi connectivity index (χ3n) is 4.11. The zero-order chi connectivity index (χ0) is 18.5. The number of nitrogens with one attached hydrogen (secondary N) is 1. The number of benzene rings is 2. The lowest BCUT2D eigenvalue weighted by Crippen LogP contribution is -2.03. The Kier molecular flexibility index (Phi) is 5.12. The monoisotopic (exact) mass is 376 g/mol. The molecule has 0 saturated carbocycles. The number of nitrogens with zero attached hydrogens (tertiary/aromatic N) is 3. The molecule has 134 valence electrons. The number of ether oxygens (including phenoxy) is 1. The Labute approximate surface area is 162 Å². The number of anilines is 1. The smallest absolute Gasteiger partial charge is 0.137 e. The fourth-order valence-electron chi connectivity index (χ4n) is 2.71. The standard InChI is InChI=1S/C21H17ClN4O/c22-17-5-8-19-20(10-17)25-14-26-21(19)24-12-15-3-6-18(7-4-15)27-13-16-2-1-9-23-11-16/h1-11,14H,12-13H2,(H,24,25,26). The van der Waals surface area contributed by atoms with E-state index in [1.54, 1.807) is 12.4 Å². The average Bonchev–Trinajstić information content (AvgIpc) is 2.72. The molecular weight excluding hydrogens is 360 g/mol. The summed E-state index contributed by atoms with van der Waals surface area (Å²) in [6.45, 7) is 1.15. The molecule has 0 unspecified atom stereocenters. The quantitative estimate of drug-likeness (QED) is 0.520. The number of aromatic nitrogens is 3. The Bertz CT molecular complexity index is 1040. The number of pyridine rings is 1. The van der Waals surface area contributed by atoms with E-state index in [4.69, 9.17) is 16.3 Å². The lowest BCUT2D eigenvalue weighted by atomic mass is 10.2. The highest BCUT2D eigenvalue weighted by atomic mass is 35.5. The fraction of sp³-hybridized carbons (Fsp3) is 0.0952. The van der Waals surface area contributed by atoms with Crippen molar-refractivity contribution in [3.05, 3.63) is 89.5 Å².